The minimum absolute atomic E-state index is 0.238. The second-order valence-corrected chi connectivity index (χ2v) is 6.50. The van der Waals surface area contributed by atoms with Gasteiger partial charge in [0.15, 0.2) is 5.96 Å². The van der Waals surface area contributed by atoms with Gasteiger partial charge in [0.1, 0.15) is 0 Å². The number of carboxylic acids is 1. The van der Waals surface area contributed by atoms with E-state index in [0.29, 0.717) is 31.9 Å². The van der Waals surface area contributed by atoms with Gasteiger partial charge in [-0.2, -0.15) is 5.26 Å². The number of nitriles is 1. The first kappa shape index (κ1) is 21.7. The van der Waals surface area contributed by atoms with Crippen molar-refractivity contribution in [1.29, 1.82) is 5.26 Å². The molecule has 8 heteroatoms. The number of piperazine rings is 1. The van der Waals surface area contributed by atoms with Crippen LogP contribution in [-0.4, -0.2) is 79.3 Å². The van der Waals surface area contributed by atoms with Gasteiger partial charge in [0.05, 0.1) is 11.6 Å². The summed E-state index contributed by atoms with van der Waals surface area (Å²) >= 11 is 0. The molecule has 0 saturated carbocycles. The maximum atomic E-state index is 11.2. The average Bonchev–Trinajstić information content (AvgIpc) is 2.72. The Bertz CT molecular complexity index is 693. The fraction of sp³-hybridized carbons (Fsp3) is 0.550. The third kappa shape index (κ3) is 7.18. The minimum atomic E-state index is -0.954. The summed E-state index contributed by atoms with van der Waals surface area (Å²) in [6.45, 7) is 8.12. The molecule has 0 aromatic heterocycles. The van der Waals surface area contributed by atoms with Gasteiger partial charge in [-0.05, 0) is 31.5 Å². The molecule has 0 radical (unpaired) electrons. The highest BCUT2D eigenvalue weighted by Crippen LogP contribution is 2.13. The van der Waals surface area contributed by atoms with Crippen LogP contribution in [0.5, 0.6) is 0 Å². The number of hydrogen-bond donors (Lipinski definition) is 2. The Hall–Kier alpha value is -2.63. The average molecular weight is 387 g/mol. The molecule has 1 aliphatic rings. The molecule has 0 spiro atoms. The number of aliphatic imine (C=N–C) groups is 1. The van der Waals surface area contributed by atoms with E-state index in [1.807, 2.05) is 13.0 Å². The van der Waals surface area contributed by atoms with Crippen molar-refractivity contribution in [3.8, 4) is 6.07 Å². The lowest BCUT2D eigenvalue weighted by Gasteiger charge is -2.36. The maximum Gasteiger partial charge on any atom is 0.335 e. The normalized spacial score (nSPS) is 15.3. The number of carboxylic acid groups (broad SMARTS) is 1. The first-order chi connectivity index (χ1) is 13.6. The van der Waals surface area contributed by atoms with E-state index < -0.39 is 5.97 Å². The van der Waals surface area contributed by atoms with E-state index in [2.05, 4.69) is 21.2 Å². The molecule has 2 rings (SSSR count). The van der Waals surface area contributed by atoms with Crippen molar-refractivity contribution in [3.63, 3.8) is 0 Å². The number of guanidine groups is 1. The topological polar surface area (TPSA) is 101 Å². The monoisotopic (exact) mass is 387 g/mol. The Morgan fingerprint density at radius 3 is 2.82 bits per heavy atom. The number of carbonyl (C=O) groups is 1. The Labute approximate surface area is 166 Å². The minimum Gasteiger partial charge on any atom is -0.478 e. The zero-order valence-corrected chi connectivity index (χ0v) is 16.4. The van der Waals surface area contributed by atoms with Gasteiger partial charge in [0.25, 0.3) is 0 Å². The molecule has 1 aromatic carbocycles. The van der Waals surface area contributed by atoms with Gasteiger partial charge in [-0.25, -0.2) is 4.79 Å². The molecule has 1 aromatic rings. The van der Waals surface area contributed by atoms with Crippen LogP contribution in [-0.2, 0) is 4.74 Å². The lowest BCUT2D eigenvalue weighted by molar-refractivity contribution is 0.0697. The second-order valence-electron chi connectivity index (χ2n) is 6.50. The summed E-state index contributed by atoms with van der Waals surface area (Å²) < 4.78 is 5.37. The van der Waals surface area contributed by atoms with Crippen LogP contribution in [0.2, 0.25) is 0 Å². The van der Waals surface area contributed by atoms with Gasteiger partial charge in [0.2, 0.25) is 0 Å². The Balaban J connectivity index is 2.03. The van der Waals surface area contributed by atoms with E-state index in [9.17, 15) is 9.90 Å². The summed E-state index contributed by atoms with van der Waals surface area (Å²) in [5.74, 6) is -0.205. The highest BCUT2D eigenvalue weighted by atomic mass is 16.5. The maximum absolute atomic E-state index is 11.2. The Kier molecular flexibility index (Phi) is 9.25. The van der Waals surface area contributed by atoms with Crippen LogP contribution in [0.4, 0.5) is 5.69 Å². The number of anilines is 1. The van der Waals surface area contributed by atoms with E-state index in [-0.39, 0.29) is 5.56 Å². The van der Waals surface area contributed by atoms with E-state index in [1.54, 1.807) is 18.2 Å². The molecule has 0 amide bonds. The molecule has 1 aliphatic heterocycles. The zero-order chi connectivity index (χ0) is 20.2. The first-order valence-electron chi connectivity index (χ1n) is 9.71. The molecule has 0 bridgehead atoms. The van der Waals surface area contributed by atoms with Crippen LogP contribution in [0.1, 0.15) is 30.1 Å². The number of ether oxygens (including phenoxy) is 1. The third-order valence-electron chi connectivity index (χ3n) is 4.49. The van der Waals surface area contributed by atoms with Crippen LogP contribution in [0.25, 0.3) is 0 Å². The Morgan fingerprint density at radius 2 is 2.14 bits per heavy atom. The van der Waals surface area contributed by atoms with Crippen molar-refractivity contribution in [1.82, 2.24) is 9.80 Å². The van der Waals surface area contributed by atoms with Crippen molar-refractivity contribution in [2.75, 3.05) is 57.8 Å². The van der Waals surface area contributed by atoms with Crippen molar-refractivity contribution in [2.24, 2.45) is 4.99 Å². The van der Waals surface area contributed by atoms with Gasteiger partial charge in [-0.1, -0.05) is 6.07 Å². The fourth-order valence-corrected chi connectivity index (χ4v) is 2.96. The van der Waals surface area contributed by atoms with Gasteiger partial charge in [-0.15, -0.1) is 0 Å². The molecule has 0 aliphatic carbocycles. The number of hydrogen-bond acceptors (Lipinski definition) is 5. The lowest BCUT2D eigenvalue weighted by atomic mass is 10.2. The molecule has 1 heterocycles. The summed E-state index contributed by atoms with van der Waals surface area (Å²) in [5.41, 5.74) is 0.942. The number of aromatic carboxylic acids is 1. The lowest BCUT2D eigenvalue weighted by Crippen LogP contribution is -2.50. The fourth-order valence-electron chi connectivity index (χ4n) is 2.96. The summed E-state index contributed by atoms with van der Waals surface area (Å²) in [5, 5.41) is 21.3. The highest BCUT2D eigenvalue weighted by Gasteiger charge is 2.20. The number of nitrogens with zero attached hydrogens (tertiary/aromatic N) is 4. The molecule has 8 nitrogen and oxygen atoms in total. The largest absolute Gasteiger partial charge is 0.478 e. The molecule has 0 atom stereocenters. The third-order valence-corrected chi connectivity index (χ3v) is 4.49. The molecule has 152 valence electrons. The molecular formula is C20H29N5O3. The quantitative estimate of drug-likeness (QED) is 0.380. The van der Waals surface area contributed by atoms with Crippen LogP contribution in [0, 0.1) is 11.3 Å². The van der Waals surface area contributed by atoms with Crippen LogP contribution < -0.4 is 5.32 Å². The van der Waals surface area contributed by atoms with Crippen molar-refractivity contribution in [2.45, 2.75) is 19.8 Å². The predicted octanol–water partition coefficient (Wildman–Crippen LogP) is 2.11. The molecule has 0 unspecified atom stereocenters. The molecular weight excluding hydrogens is 358 g/mol. The SMILES string of the molecule is CCOCCCN=C(Nc1cccc(C(=O)O)c1)N1CCN(CCC#N)CC1. The number of rotatable bonds is 9. The highest BCUT2D eigenvalue weighted by molar-refractivity contribution is 5.95. The summed E-state index contributed by atoms with van der Waals surface area (Å²) in [4.78, 5) is 20.4. The molecule has 2 N–H and O–H groups in total. The summed E-state index contributed by atoms with van der Waals surface area (Å²) in [7, 11) is 0. The first-order valence-corrected chi connectivity index (χ1v) is 9.71. The molecule has 1 fully saturated rings. The van der Waals surface area contributed by atoms with E-state index in [0.717, 1.165) is 45.1 Å². The molecule has 1 saturated heterocycles. The predicted molar refractivity (Wildman–Crippen MR) is 109 cm³/mol. The second kappa shape index (κ2) is 12.0. The van der Waals surface area contributed by atoms with Gasteiger partial charge >= 0.3 is 5.97 Å². The van der Waals surface area contributed by atoms with Gasteiger partial charge in [0, 0.05) is 64.6 Å². The van der Waals surface area contributed by atoms with E-state index in [4.69, 9.17) is 15.0 Å². The van der Waals surface area contributed by atoms with Gasteiger partial charge in [-0.3, -0.25) is 9.89 Å². The van der Waals surface area contributed by atoms with Crippen LogP contribution in [0.15, 0.2) is 29.3 Å². The van der Waals surface area contributed by atoms with Gasteiger partial charge < -0.3 is 20.1 Å². The number of nitrogens with one attached hydrogen (secondary N) is 1. The van der Waals surface area contributed by atoms with E-state index in [1.165, 1.54) is 0 Å². The summed E-state index contributed by atoms with van der Waals surface area (Å²) in [6.07, 6.45) is 1.37. The smallest absolute Gasteiger partial charge is 0.335 e. The number of benzene rings is 1. The summed E-state index contributed by atoms with van der Waals surface area (Å²) in [6, 6.07) is 8.93. The zero-order valence-electron chi connectivity index (χ0n) is 16.4. The Morgan fingerprint density at radius 1 is 1.36 bits per heavy atom. The standard InChI is InChI=1S/C20H29N5O3/c1-2-28-15-5-9-22-20(23-18-7-3-6-17(16-18)19(26)27)25-13-11-24(12-14-25)10-4-8-21/h3,6-7,16H,2,4-5,9-15H2,1H3,(H,22,23)(H,26,27). The van der Waals surface area contributed by atoms with E-state index >= 15 is 0 Å². The van der Waals surface area contributed by atoms with Crippen molar-refractivity contribution < 1.29 is 14.6 Å². The molecule has 28 heavy (non-hydrogen) atoms. The van der Waals surface area contributed by atoms with Crippen LogP contribution >= 0.6 is 0 Å². The van der Waals surface area contributed by atoms with Crippen molar-refractivity contribution >= 4 is 17.6 Å². The van der Waals surface area contributed by atoms with Crippen LogP contribution in [0.3, 0.4) is 0 Å². The van der Waals surface area contributed by atoms with Crippen molar-refractivity contribution in [3.05, 3.63) is 29.8 Å².